The van der Waals surface area contributed by atoms with Gasteiger partial charge in [-0.2, -0.15) is 0 Å². The first kappa shape index (κ1) is 26.1. The third-order valence-corrected chi connectivity index (χ3v) is 6.39. The molecule has 3 atom stereocenters. The molecule has 8 nitrogen and oxygen atoms in total. The number of rotatable bonds is 9. The molecule has 3 unspecified atom stereocenters. The summed E-state index contributed by atoms with van der Waals surface area (Å²) in [6, 6.07) is 14.8. The monoisotopic (exact) mass is 483 g/mol. The Kier molecular flexibility index (Phi) is 8.40. The fourth-order valence-electron chi connectivity index (χ4n) is 4.72. The Bertz CT molecular complexity index is 1080. The second kappa shape index (κ2) is 11.3. The minimum absolute atomic E-state index is 0.0620. The van der Waals surface area contributed by atoms with Crippen molar-refractivity contribution in [1.82, 2.24) is 5.32 Å². The Morgan fingerprint density at radius 1 is 1.00 bits per heavy atom. The number of carbonyl (C=O) groups is 2. The molecule has 8 heteroatoms. The molecule has 0 aromatic heterocycles. The maximum atomic E-state index is 13.0. The van der Waals surface area contributed by atoms with Crippen molar-refractivity contribution in [3.05, 3.63) is 70.9 Å². The van der Waals surface area contributed by atoms with E-state index in [0.717, 1.165) is 5.56 Å². The molecule has 0 amide bonds. The van der Waals surface area contributed by atoms with E-state index in [1.54, 1.807) is 21.1 Å². The van der Waals surface area contributed by atoms with E-state index in [-0.39, 0.29) is 6.42 Å². The molecule has 0 saturated heterocycles. The molecular formula is C27H33NO7. The fourth-order valence-corrected chi connectivity index (χ4v) is 4.72. The smallest absolute Gasteiger partial charge is 0.336 e. The van der Waals surface area contributed by atoms with Crippen LogP contribution in [-0.2, 0) is 25.5 Å². The van der Waals surface area contributed by atoms with Crippen LogP contribution in [-0.4, -0.2) is 57.6 Å². The summed E-state index contributed by atoms with van der Waals surface area (Å²) in [4.78, 5) is 25.9. The van der Waals surface area contributed by atoms with Crippen LogP contribution in [0, 0.1) is 5.92 Å². The van der Waals surface area contributed by atoms with Crippen LogP contribution in [0.5, 0.6) is 11.5 Å². The second-order valence-corrected chi connectivity index (χ2v) is 8.67. The summed E-state index contributed by atoms with van der Waals surface area (Å²) in [5.74, 6) is -1.61. The lowest BCUT2D eigenvalue weighted by Gasteiger charge is -2.42. The number of ether oxygens (including phenoxy) is 4. The average molecular weight is 484 g/mol. The highest BCUT2D eigenvalue weighted by atomic mass is 16.5. The van der Waals surface area contributed by atoms with Gasteiger partial charge in [-0.15, -0.1) is 0 Å². The van der Waals surface area contributed by atoms with E-state index >= 15 is 0 Å². The highest BCUT2D eigenvalue weighted by Crippen LogP contribution is 2.47. The van der Waals surface area contributed by atoms with Crippen LogP contribution in [0.25, 0.3) is 0 Å². The van der Waals surface area contributed by atoms with E-state index in [2.05, 4.69) is 5.32 Å². The van der Waals surface area contributed by atoms with Gasteiger partial charge in [0.05, 0.1) is 45.5 Å². The Labute approximate surface area is 205 Å². The van der Waals surface area contributed by atoms with Gasteiger partial charge in [-0.3, -0.25) is 4.79 Å². The highest BCUT2D eigenvalue weighted by molar-refractivity contribution is 5.93. The standard InChI is InChI=1S/C27H33NO7/c1-27(31)16-19(28-14-13-17-11-12-20(32-2)21(15-17)33-3)23(25(29)34-4)22(24(27)26(30)35-5)18-9-7-6-8-10-18/h6-12,15,22,24,28,31H,13-14,16H2,1-5H3. The number of benzene rings is 2. The molecule has 35 heavy (non-hydrogen) atoms. The first-order valence-corrected chi connectivity index (χ1v) is 11.4. The van der Waals surface area contributed by atoms with Gasteiger partial charge in [0.15, 0.2) is 11.5 Å². The predicted molar refractivity (Wildman–Crippen MR) is 130 cm³/mol. The molecule has 3 rings (SSSR count). The molecule has 188 valence electrons. The van der Waals surface area contributed by atoms with Crippen LogP contribution in [0.1, 0.15) is 30.4 Å². The number of nitrogens with one attached hydrogen (secondary N) is 1. The maximum Gasteiger partial charge on any atom is 0.336 e. The summed E-state index contributed by atoms with van der Waals surface area (Å²) in [6.45, 7) is 2.07. The molecule has 1 aliphatic rings. The molecule has 1 aliphatic carbocycles. The number of hydrogen-bond donors (Lipinski definition) is 2. The van der Waals surface area contributed by atoms with Crippen molar-refractivity contribution in [2.75, 3.05) is 35.0 Å². The van der Waals surface area contributed by atoms with Gasteiger partial charge in [-0.25, -0.2) is 4.79 Å². The zero-order chi connectivity index (χ0) is 25.6. The zero-order valence-electron chi connectivity index (χ0n) is 20.8. The van der Waals surface area contributed by atoms with Gasteiger partial charge in [0.1, 0.15) is 0 Å². The molecule has 0 saturated carbocycles. The average Bonchev–Trinajstić information content (AvgIpc) is 2.87. The summed E-state index contributed by atoms with van der Waals surface area (Å²) in [5, 5.41) is 14.7. The summed E-state index contributed by atoms with van der Waals surface area (Å²) in [7, 11) is 5.75. The molecule has 2 N–H and O–H groups in total. The quantitative estimate of drug-likeness (QED) is 0.525. The van der Waals surface area contributed by atoms with Crippen LogP contribution in [0.2, 0.25) is 0 Å². The number of carbonyl (C=O) groups excluding carboxylic acids is 2. The van der Waals surface area contributed by atoms with E-state index < -0.39 is 29.4 Å². The van der Waals surface area contributed by atoms with Crippen molar-refractivity contribution in [1.29, 1.82) is 0 Å². The van der Waals surface area contributed by atoms with E-state index in [1.807, 2.05) is 48.5 Å². The van der Waals surface area contributed by atoms with Gasteiger partial charge < -0.3 is 29.4 Å². The predicted octanol–water partition coefficient (Wildman–Crippen LogP) is 2.99. The van der Waals surface area contributed by atoms with Gasteiger partial charge in [0.25, 0.3) is 0 Å². The maximum absolute atomic E-state index is 13.0. The molecule has 0 fully saturated rings. The fraction of sp³-hybridized carbons (Fsp3) is 0.407. The Morgan fingerprint density at radius 3 is 2.29 bits per heavy atom. The van der Waals surface area contributed by atoms with Crippen molar-refractivity contribution in [2.45, 2.75) is 31.3 Å². The van der Waals surface area contributed by atoms with E-state index in [0.29, 0.717) is 41.3 Å². The van der Waals surface area contributed by atoms with E-state index in [1.165, 1.54) is 14.2 Å². The lowest BCUT2D eigenvalue weighted by Crippen LogP contribution is -2.50. The molecule has 2 aromatic carbocycles. The van der Waals surface area contributed by atoms with Crippen molar-refractivity contribution in [2.24, 2.45) is 5.92 Å². The molecule has 2 aromatic rings. The number of methoxy groups -OCH3 is 4. The third kappa shape index (κ3) is 5.59. The van der Waals surface area contributed by atoms with Crippen LogP contribution in [0.3, 0.4) is 0 Å². The van der Waals surface area contributed by atoms with Gasteiger partial charge in [0, 0.05) is 24.6 Å². The third-order valence-electron chi connectivity index (χ3n) is 6.39. The second-order valence-electron chi connectivity index (χ2n) is 8.67. The molecule has 0 heterocycles. The molecule has 0 aliphatic heterocycles. The van der Waals surface area contributed by atoms with E-state index in [9.17, 15) is 14.7 Å². The van der Waals surface area contributed by atoms with Gasteiger partial charge >= 0.3 is 11.9 Å². The Morgan fingerprint density at radius 2 is 1.69 bits per heavy atom. The topological polar surface area (TPSA) is 103 Å². The zero-order valence-corrected chi connectivity index (χ0v) is 20.8. The van der Waals surface area contributed by atoms with Crippen LogP contribution >= 0.6 is 0 Å². The van der Waals surface area contributed by atoms with Crippen molar-refractivity contribution < 1.29 is 33.6 Å². The molecule has 0 radical (unpaired) electrons. The first-order chi connectivity index (χ1) is 16.8. The summed E-state index contributed by atoms with van der Waals surface area (Å²) in [5.41, 5.74) is 1.10. The number of aliphatic hydroxyl groups is 1. The first-order valence-electron chi connectivity index (χ1n) is 11.4. The van der Waals surface area contributed by atoms with Crippen molar-refractivity contribution >= 4 is 11.9 Å². The Balaban J connectivity index is 1.99. The summed E-state index contributed by atoms with van der Waals surface area (Å²) >= 11 is 0. The molecule has 0 spiro atoms. The highest BCUT2D eigenvalue weighted by Gasteiger charge is 2.52. The normalized spacial score (nSPS) is 21.8. The largest absolute Gasteiger partial charge is 0.493 e. The molecule has 0 bridgehead atoms. The SMILES string of the molecule is COC(=O)C1=C(NCCc2ccc(OC)c(OC)c2)CC(C)(O)C(C(=O)OC)C1c1ccccc1. The lowest BCUT2D eigenvalue weighted by molar-refractivity contribution is -0.157. The summed E-state index contributed by atoms with van der Waals surface area (Å²) in [6.07, 6.45) is 0.684. The van der Waals surface area contributed by atoms with Gasteiger partial charge in [-0.1, -0.05) is 36.4 Å². The van der Waals surface area contributed by atoms with Gasteiger partial charge in [-0.05, 0) is 36.6 Å². The van der Waals surface area contributed by atoms with Gasteiger partial charge in [0.2, 0.25) is 0 Å². The van der Waals surface area contributed by atoms with Crippen LogP contribution < -0.4 is 14.8 Å². The minimum Gasteiger partial charge on any atom is -0.493 e. The molecular weight excluding hydrogens is 450 g/mol. The summed E-state index contributed by atoms with van der Waals surface area (Å²) < 4.78 is 20.8. The van der Waals surface area contributed by atoms with Crippen LogP contribution in [0.4, 0.5) is 0 Å². The number of hydrogen-bond acceptors (Lipinski definition) is 8. The lowest BCUT2D eigenvalue weighted by atomic mass is 9.66. The van der Waals surface area contributed by atoms with E-state index in [4.69, 9.17) is 18.9 Å². The Hall–Kier alpha value is -3.52. The number of esters is 2. The van der Waals surface area contributed by atoms with Crippen molar-refractivity contribution in [3.63, 3.8) is 0 Å². The van der Waals surface area contributed by atoms with Crippen LogP contribution in [0.15, 0.2) is 59.8 Å². The minimum atomic E-state index is -1.46. The van der Waals surface area contributed by atoms with Crippen molar-refractivity contribution in [3.8, 4) is 11.5 Å².